The first-order valence-corrected chi connectivity index (χ1v) is 12.8. The van der Waals surface area contributed by atoms with Crippen molar-refractivity contribution in [2.75, 3.05) is 17.7 Å². The number of carbonyl (C=O) groups excluding carboxylic acids is 1. The number of rotatable bonds is 8. The van der Waals surface area contributed by atoms with Crippen LogP contribution < -0.4 is 9.62 Å². The summed E-state index contributed by atoms with van der Waals surface area (Å²) in [4.78, 5) is 19.8. The maximum atomic E-state index is 12.3. The molecule has 0 unspecified atom stereocenters. The number of anilines is 1. The molecule has 1 N–H and O–H groups in total. The van der Waals surface area contributed by atoms with Crippen molar-refractivity contribution in [2.45, 2.75) is 52.0 Å². The standard InChI is InChI=1S/C21H29N3O3S2/c1-16-19(20(25)23-29(2,26)27)22-21(28-16)24(15-18-11-7-4-8-12-18)14-13-17-9-5-3-6-10-17/h4,7-8,11-12,17H,3,5-6,9-10,13-15H2,1-2H3,(H,23,25). The van der Waals surface area contributed by atoms with Gasteiger partial charge in [0.1, 0.15) is 5.69 Å². The molecule has 8 heteroatoms. The second-order valence-electron chi connectivity index (χ2n) is 7.80. The molecule has 1 aromatic carbocycles. The monoisotopic (exact) mass is 435 g/mol. The Morgan fingerprint density at radius 2 is 1.90 bits per heavy atom. The van der Waals surface area contributed by atoms with Gasteiger partial charge in [0.05, 0.1) is 6.26 Å². The minimum Gasteiger partial charge on any atom is -0.344 e. The molecule has 0 bridgehead atoms. The lowest BCUT2D eigenvalue weighted by Crippen LogP contribution is -2.30. The van der Waals surface area contributed by atoms with Gasteiger partial charge in [-0.15, -0.1) is 11.3 Å². The minimum absolute atomic E-state index is 0.186. The van der Waals surface area contributed by atoms with Gasteiger partial charge in [0.15, 0.2) is 5.13 Å². The summed E-state index contributed by atoms with van der Waals surface area (Å²) >= 11 is 1.44. The van der Waals surface area contributed by atoms with E-state index in [4.69, 9.17) is 0 Å². The van der Waals surface area contributed by atoms with Crippen LogP contribution in [0.2, 0.25) is 0 Å². The summed E-state index contributed by atoms with van der Waals surface area (Å²) in [5, 5.41) is 0.765. The Morgan fingerprint density at radius 3 is 2.55 bits per heavy atom. The normalized spacial score (nSPS) is 15.2. The lowest BCUT2D eigenvalue weighted by molar-refractivity contribution is 0.0977. The smallest absolute Gasteiger partial charge is 0.284 e. The largest absolute Gasteiger partial charge is 0.344 e. The molecular weight excluding hydrogens is 406 g/mol. The van der Waals surface area contributed by atoms with E-state index in [9.17, 15) is 13.2 Å². The van der Waals surface area contributed by atoms with E-state index >= 15 is 0 Å². The number of hydrogen-bond acceptors (Lipinski definition) is 6. The summed E-state index contributed by atoms with van der Waals surface area (Å²) in [5.41, 5.74) is 1.37. The Hall–Kier alpha value is -1.93. The van der Waals surface area contributed by atoms with Crippen molar-refractivity contribution in [3.8, 4) is 0 Å². The third-order valence-electron chi connectivity index (χ3n) is 5.30. The van der Waals surface area contributed by atoms with Gasteiger partial charge < -0.3 is 4.90 Å². The van der Waals surface area contributed by atoms with Crippen LogP contribution in [0.3, 0.4) is 0 Å². The predicted molar refractivity (Wildman–Crippen MR) is 118 cm³/mol. The molecule has 1 aliphatic rings. The van der Waals surface area contributed by atoms with Gasteiger partial charge in [0.25, 0.3) is 5.91 Å². The first-order chi connectivity index (χ1) is 13.8. The Morgan fingerprint density at radius 1 is 1.21 bits per heavy atom. The van der Waals surface area contributed by atoms with Crippen molar-refractivity contribution in [3.05, 3.63) is 46.5 Å². The van der Waals surface area contributed by atoms with Gasteiger partial charge in [-0.05, 0) is 24.8 Å². The zero-order valence-corrected chi connectivity index (χ0v) is 18.7. The predicted octanol–water partition coefficient (Wildman–Crippen LogP) is 4.12. The van der Waals surface area contributed by atoms with E-state index in [0.717, 1.165) is 35.1 Å². The molecule has 3 rings (SSSR count). The van der Waals surface area contributed by atoms with Gasteiger partial charge in [0, 0.05) is 18.0 Å². The maximum absolute atomic E-state index is 12.3. The Kier molecular flexibility index (Phi) is 7.29. The van der Waals surface area contributed by atoms with Gasteiger partial charge in [-0.3, -0.25) is 4.79 Å². The summed E-state index contributed by atoms with van der Waals surface area (Å²) in [6.07, 6.45) is 8.63. The van der Waals surface area contributed by atoms with Crippen LogP contribution in [0.4, 0.5) is 5.13 Å². The zero-order valence-electron chi connectivity index (χ0n) is 17.1. The maximum Gasteiger partial charge on any atom is 0.284 e. The number of aryl methyl sites for hydroxylation is 1. The number of amides is 1. The number of thiazole rings is 1. The molecule has 0 saturated heterocycles. The number of hydrogen-bond donors (Lipinski definition) is 1. The molecule has 1 fully saturated rings. The summed E-state index contributed by atoms with van der Waals surface area (Å²) in [5.74, 6) is 0.0792. The quantitative estimate of drug-likeness (QED) is 0.675. The first-order valence-electron chi connectivity index (χ1n) is 10.1. The molecule has 1 aliphatic carbocycles. The van der Waals surface area contributed by atoms with Gasteiger partial charge >= 0.3 is 0 Å². The molecule has 1 saturated carbocycles. The fraction of sp³-hybridized carbons (Fsp3) is 0.524. The van der Waals surface area contributed by atoms with Gasteiger partial charge in [-0.25, -0.2) is 18.1 Å². The van der Waals surface area contributed by atoms with E-state index in [-0.39, 0.29) is 5.69 Å². The molecule has 0 aliphatic heterocycles. The van der Waals surface area contributed by atoms with E-state index in [2.05, 4.69) is 22.0 Å². The van der Waals surface area contributed by atoms with Crippen LogP contribution in [-0.2, 0) is 16.6 Å². The van der Waals surface area contributed by atoms with E-state index in [1.54, 1.807) is 6.92 Å². The van der Waals surface area contributed by atoms with Gasteiger partial charge in [-0.2, -0.15) is 0 Å². The van der Waals surface area contributed by atoms with Crippen molar-refractivity contribution < 1.29 is 13.2 Å². The lowest BCUT2D eigenvalue weighted by Gasteiger charge is -2.27. The van der Waals surface area contributed by atoms with Crippen LogP contribution in [0.1, 0.15) is 59.5 Å². The number of nitrogens with one attached hydrogen (secondary N) is 1. The van der Waals surface area contributed by atoms with Crippen LogP contribution in [0.25, 0.3) is 0 Å². The van der Waals surface area contributed by atoms with Crippen LogP contribution >= 0.6 is 11.3 Å². The van der Waals surface area contributed by atoms with Crippen LogP contribution in [0.5, 0.6) is 0 Å². The molecule has 0 atom stereocenters. The summed E-state index contributed by atoms with van der Waals surface area (Å²) < 4.78 is 24.9. The average molecular weight is 436 g/mol. The summed E-state index contributed by atoms with van der Waals surface area (Å²) in [6, 6.07) is 10.2. The minimum atomic E-state index is -3.62. The van der Waals surface area contributed by atoms with Crippen molar-refractivity contribution in [1.29, 1.82) is 0 Å². The lowest BCUT2D eigenvalue weighted by atomic mass is 9.87. The van der Waals surface area contributed by atoms with E-state index in [0.29, 0.717) is 6.54 Å². The van der Waals surface area contributed by atoms with Crippen LogP contribution in [0, 0.1) is 12.8 Å². The molecule has 0 radical (unpaired) electrons. The SMILES string of the molecule is Cc1sc(N(CCC2CCCCC2)Cc2ccccc2)nc1C(=O)NS(C)(=O)=O. The summed E-state index contributed by atoms with van der Waals surface area (Å²) in [6.45, 7) is 3.40. The second-order valence-corrected chi connectivity index (χ2v) is 10.7. The van der Waals surface area contributed by atoms with E-state index < -0.39 is 15.9 Å². The number of benzene rings is 1. The number of carbonyl (C=O) groups is 1. The highest BCUT2D eigenvalue weighted by Crippen LogP contribution is 2.30. The summed E-state index contributed by atoms with van der Waals surface area (Å²) in [7, 11) is -3.62. The van der Waals surface area contributed by atoms with Gasteiger partial charge in [0.2, 0.25) is 10.0 Å². The van der Waals surface area contributed by atoms with Crippen molar-refractivity contribution >= 4 is 32.4 Å². The first kappa shape index (κ1) is 21.8. The number of aromatic nitrogens is 1. The fourth-order valence-electron chi connectivity index (χ4n) is 3.81. The van der Waals surface area contributed by atoms with Crippen molar-refractivity contribution in [1.82, 2.24) is 9.71 Å². The molecule has 6 nitrogen and oxygen atoms in total. The van der Waals surface area contributed by atoms with E-state index in [1.165, 1.54) is 49.0 Å². The molecule has 2 aromatic rings. The number of sulfonamides is 1. The molecule has 29 heavy (non-hydrogen) atoms. The molecule has 1 aromatic heterocycles. The Balaban J connectivity index is 1.79. The Labute approximate surface area is 177 Å². The van der Waals surface area contributed by atoms with Crippen molar-refractivity contribution in [2.24, 2.45) is 5.92 Å². The van der Waals surface area contributed by atoms with E-state index in [1.807, 2.05) is 22.9 Å². The molecule has 1 heterocycles. The Bertz CT molecular complexity index is 920. The average Bonchev–Trinajstić information content (AvgIpc) is 3.07. The number of nitrogens with zero attached hydrogens (tertiary/aromatic N) is 2. The molecule has 0 spiro atoms. The highest BCUT2D eigenvalue weighted by atomic mass is 32.2. The fourth-order valence-corrected chi connectivity index (χ4v) is 5.17. The molecular formula is C21H29N3O3S2. The van der Waals surface area contributed by atoms with Gasteiger partial charge in [-0.1, -0.05) is 62.4 Å². The molecule has 1 amide bonds. The second kappa shape index (κ2) is 9.71. The highest BCUT2D eigenvalue weighted by Gasteiger charge is 2.22. The van der Waals surface area contributed by atoms with Crippen LogP contribution in [-0.4, -0.2) is 32.1 Å². The third kappa shape index (κ3) is 6.54. The third-order valence-corrected chi connectivity index (χ3v) is 6.89. The van der Waals surface area contributed by atoms with Crippen LogP contribution in [0.15, 0.2) is 30.3 Å². The highest BCUT2D eigenvalue weighted by molar-refractivity contribution is 7.89. The molecule has 158 valence electrons. The zero-order chi connectivity index (χ0) is 20.9. The topological polar surface area (TPSA) is 79.4 Å². The van der Waals surface area contributed by atoms with Crippen molar-refractivity contribution in [3.63, 3.8) is 0 Å².